The molecule has 0 aliphatic heterocycles. The van der Waals surface area contributed by atoms with Crippen molar-refractivity contribution in [3.05, 3.63) is 219 Å². The van der Waals surface area contributed by atoms with Crippen LogP contribution in [0.1, 0.15) is 61.5 Å². The van der Waals surface area contributed by atoms with E-state index >= 15 is 0 Å². The maximum atomic E-state index is 12.8. The summed E-state index contributed by atoms with van der Waals surface area (Å²) >= 11 is 0. The SMILES string of the molecule is Cc1cc(-c2c(C#N)c(-n3c4ccc(C#N)cc4c4cc(C#N)ccc43)c(-n3c4ccc(C#N)cc4c4cc(C#N)ccc43)c(-n3c4ccc(C#N)cc4c4cc(C#N)ccc43)c2-n2c3ccc(C#N)cc3c3cc(C#N)ccc32)cc(C)n1. The lowest BCUT2D eigenvalue weighted by Crippen LogP contribution is -2.17. The minimum Gasteiger partial charge on any atom is -0.306 e. The lowest BCUT2D eigenvalue weighted by molar-refractivity contribution is 1.02. The van der Waals surface area contributed by atoms with Crippen LogP contribution >= 0.6 is 0 Å². The molecule has 14 nitrogen and oxygen atoms in total. The summed E-state index contributed by atoms with van der Waals surface area (Å²) in [6.07, 6.45) is 0. The molecule has 0 bridgehead atoms. The van der Waals surface area contributed by atoms with Gasteiger partial charge < -0.3 is 18.3 Å². The van der Waals surface area contributed by atoms with Gasteiger partial charge in [-0.1, -0.05) is 0 Å². The monoisotopic (exact) mass is 1070 g/mol. The van der Waals surface area contributed by atoms with Gasteiger partial charge in [0.15, 0.2) is 0 Å². The molecule has 0 atom stereocenters. The van der Waals surface area contributed by atoms with Crippen LogP contribution in [0.15, 0.2) is 158 Å². The summed E-state index contributed by atoms with van der Waals surface area (Å²) in [6, 6.07) is 68.0. The number of nitrogens with zero attached hydrogens (tertiary/aromatic N) is 14. The number of rotatable bonds is 5. The first kappa shape index (κ1) is 49.1. The molecule has 5 heterocycles. The Morgan fingerprint density at radius 3 is 0.702 bits per heavy atom. The molecule has 9 aromatic carbocycles. The number of nitriles is 9. The molecule has 84 heavy (non-hydrogen) atoms. The Morgan fingerprint density at radius 2 is 0.476 bits per heavy atom. The summed E-state index contributed by atoms with van der Waals surface area (Å²) in [7, 11) is 0. The van der Waals surface area contributed by atoms with Gasteiger partial charge in [0.2, 0.25) is 0 Å². The molecule has 0 spiro atoms. The largest absolute Gasteiger partial charge is 0.306 e. The van der Waals surface area contributed by atoms with Crippen LogP contribution in [0.25, 0.3) is 121 Å². The smallest absolute Gasteiger partial charge is 0.102 e. The molecule has 5 aromatic heterocycles. The van der Waals surface area contributed by atoms with Crippen molar-refractivity contribution >= 4 is 87.2 Å². The van der Waals surface area contributed by atoms with E-state index in [-0.39, 0.29) is 5.56 Å². The zero-order valence-electron chi connectivity index (χ0n) is 44.3. The van der Waals surface area contributed by atoms with Gasteiger partial charge in [0.05, 0.1) is 166 Å². The highest BCUT2D eigenvalue weighted by atomic mass is 15.1. The summed E-state index contributed by atoms with van der Waals surface area (Å²) < 4.78 is 8.23. The summed E-state index contributed by atoms with van der Waals surface area (Å²) in [5.74, 6) is 0. The Kier molecular flexibility index (Phi) is 10.8. The van der Waals surface area contributed by atoms with Gasteiger partial charge in [-0.25, -0.2) is 0 Å². The van der Waals surface area contributed by atoms with E-state index in [0.717, 1.165) is 0 Å². The average Bonchev–Trinajstić information content (AvgIpc) is 1.49. The van der Waals surface area contributed by atoms with E-state index < -0.39 is 0 Å². The number of aryl methyl sites for hydroxylation is 2. The fourth-order valence-electron chi connectivity index (χ4n) is 12.5. The van der Waals surface area contributed by atoms with Crippen molar-refractivity contribution in [1.82, 2.24) is 23.3 Å². The van der Waals surface area contributed by atoms with Gasteiger partial charge >= 0.3 is 0 Å². The van der Waals surface area contributed by atoms with Gasteiger partial charge in [-0.15, -0.1) is 0 Å². The fourth-order valence-corrected chi connectivity index (χ4v) is 12.5. The summed E-state index contributed by atoms with van der Waals surface area (Å²) in [5, 5.41) is 102. The summed E-state index contributed by atoms with van der Waals surface area (Å²) in [4.78, 5) is 4.86. The molecule has 0 amide bonds. The molecular formula is C70H32N14. The fraction of sp³-hybridized carbons (Fsp3) is 0.0286. The Morgan fingerprint density at radius 1 is 0.262 bits per heavy atom. The van der Waals surface area contributed by atoms with Crippen molar-refractivity contribution in [3.8, 4) is 88.5 Å². The molecule has 382 valence electrons. The van der Waals surface area contributed by atoms with Crippen molar-refractivity contribution in [1.29, 1.82) is 47.4 Å². The minimum absolute atomic E-state index is 0.162. The lowest BCUT2D eigenvalue weighted by Gasteiger charge is -2.29. The van der Waals surface area contributed by atoms with Gasteiger partial charge in [0.25, 0.3) is 0 Å². The Labute approximate surface area is 477 Å². The van der Waals surface area contributed by atoms with Crippen molar-refractivity contribution in [2.75, 3.05) is 0 Å². The van der Waals surface area contributed by atoms with Gasteiger partial charge in [-0.2, -0.15) is 47.4 Å². The quantitative estimate of drug-likeness (QED) is 0.158. The first-order valence-electron chi connectivity index (χ1n) is 26.2. The Bertz CT molecular complexity index is 5530. The summed E-state index contributed by atoms with van der Waals surface area (Å²) in [6.45, 7) is 3.77. The molecular weight excluding hydrogens is 1040 g/mol. The normalized spacial score (nSPS) is 11.1. The molecule has 0 saturated carbocycles. The van der Waals surface area contributed by atoms with Crippen molar-refractivity contribution in [3.63, 3.8) is 0 Å². The maximum Gasteiger partial charge on any atom is 0.102 e. The van der Waals surface area contributed by atoms with E-state index in [1.165, 1.54) is 0 Å². The first-order valence-corrected chi connectivity index (χ1v) is 26.2. The lowest BCUT2D eigenvalue weighted by atomic mass is 9.92. The molecule has 14 rings (SSSR count). The highest BCUT2D eigenvalue weighted by molar-refractivity contribution is 6.18. The molecule has 14 aromatic rings. The van der Waals surface area contributed by atoms with Crippen LogP contribution in [0.3, 0.4) is 0 Å². The van der Waals surface area contributed by atoms with Crippen LogP contribution in [0.5, 0.6) is 0 Å². The number of fused-ring (bicyclic) bond motifs is 12. The Hall–Kier alpha value is -13.3. The van der Waals surface area contributed by atoms with E-state index in [9.17, 15) is 47.4 Å². The van der Waals surface area contributed by atoms with Gasteiger partial charge in [0, 0.05) is 60.0 Å². The molecule has 0 saturated heterocycles. The molecule has 0 fully saturated rings. The number of pyridine rings is 1. The third kappa shape index (κ3) is 6.97. The van der Waals surface area contributed by atoms with Crippen LogP contribution in [-0.4, -0.2) is 23.3 Å². The minimum atomic E-state index is 0.162. The number of hydrogen-bond acceptors (Lipinski definition) is 10. The first-order chi connectivity index (χ1) is 41.0. The average molecular weight is 1070 g/mol. The topological polar surface area (TPSA) is 247 Å². The highest BCUT2D eigenvalue weighted by Gasteiger charge is 2.36. The summed E-state index contributed by atoms with van der Waals surface area (Å²) in [5.41, 5.74) is 11.7. The van der Waals surface area contributed by atoms with E-state index in [2.05, 4.69) is 68.3 Å². The van der Waals surface area contributed by atoms with Crippen LogP contribution in [0, 0.1) is 116 Å². The van der Waals surface area contributed by atoms with Crippen molar-refractivity contribution in [2.45, 2.75) is 13.8 Å². The zero-order valence-corrected chi connectivity index (χ0v) is 44.3. The van der Waals surface area contributed by atoms with Crippen LogP contribution in [0.2, 0.25) is 0 Å². The molecule has 0 aliphatic carbocycles. The van der Waals surface area contributed by atoms with E-state index in [1.54, 1.807) is 97.1 Å². The molecule has 0 unspecified atom stereocenters. The molecule has 0 aliphatic rings. The number of benzene rings is 9. The Balaban J connectivity index is 1.40. The van der Waals surface area contributed by atoms with Gasteiger partial charge in [0.1, 0.15) is 6.07 Å². The molecule has 14 heteroatoms. The highest BCUT2D eigenvalue weighted by Crippen LogP contribution is 2.52. The second-order valence-corrected chi connectivity index (χ2v) is 20.5. The van der Waals surface area contributed by atoms with E-state index in [0.29, 0.717) is 177 Å². The third-order valence-corrected chi connectivity index (χ3v) is 15.9. The predicted octanol–water partition coefficient (Wildman–Crippen LogP) is 14.6. The van der Waals surface area contributed by atoms with Crippen LogP contribution < -0.4 is 0 Å². The van der Waals surface area contributed by atoms with Crippen molar-refractivity contribution in [2.24, 2.45) is 0 Å². The molecule has 0 N–H and O–H groups in total. The van der Waals surface area contributed by atoms with E-state index in [4.69, 9.17) is 4.98 Å². The standard InChI is InChI=1S/C70H32N14/c1-38-19-48(20-39(2)80-38)66-57(37-79)67(81-58-11-3-40(29-71)21-49(58)50-22-41(30-72)4-12-59(50)81)69(83-62-15-7-44(33-75)25-53(62)54-26-45(34-76)8-16-63(54)83)70(84-64-17-9-46(35-77)27-55(64)56-28-47(36-78)10-18-65(56)84)68(66)82-60-13-5-42(31-73)23-51(60)52-24-43(32-74)6-14-61(52)82/h3-28H,1-2H3. The zero-order chi connectivity index (χ0) is 57.8. The number of aromatic nitrogens is 5. The molecule has 0 radical (unpaired) electrons. The van der Waals surface area contributed by atoms with Gasteiger partial charge in [-0.05, 0) is 177 Å². The van der Waals surface area contributed by atoms with Crippen molar-refractivity contribution < 1.29 is 0 Å². The second kappa shape index (κ2) is 18.4. The van der Waals surface area contributed by atoms with E-state index in [1.807, 2.05) is 79.1 Å². The predicted molar refractivity (Wildman–Crippen MR) is 319 cm³/mol. The van der Waals surface area contributed by atoms with Crippen LogP contribution in [0.4, 0.5) is 0 Å². The maximum absolute atomic E-state index is 12.8. The van der Waals surface area contributed by atoms with Crippen LogP contribution in [-0.2, 0) is 0 Å². The third-order valence-electron chi connectivity index (χ3n) is 15.9. The second-order valence-electron chi connectivity index (χ2n) is 20.5. The number of hydrogen-bond donors (Lipinski definition) is 0. The van der Waals surface area contributed by atoms with Gasteiger partial charge in [-0.3, -0.25) is 4.98 Å².